The summed E-state index contributed by atoms with van der Waals surface area (Å²) >= 11 is 1.43. The maximum absolute atomic E-state index is 13.2. The van der Waals surface area contributed by atoms with Gasteiger partial charge >= 0.3 is 5.97 Å². The van der Waals surface area contributed by atoms with Gasteiger partial charge in [-0.25, -0.2) is 4.79 Å². The van der Waals surface area contributed by atoms with Gasteiger partial charge in [0.05, 0.1) is 16.7 Å². The molecule has 30 heavy (non-hydrogen) atoms. The molecule has 0 atom stereocenters. The molecule has 3 aliphatic heterocycles. The summed E-state index contributed by atoms with van der Waals surface area (Å²) in [6, 6.07) is 6.00. The van der Waals surface area contributed by atoms with Crippen molar-refractivity contribution in [3.8, 4) is 0 Å². The van der Waals surface area contributed by atoms with E-state index in [2.05, 4.69) is 22.3 Å². The quantitative estimate of drug-likeness (QED) is 0.702. The molecule has 0 N–H and O–H groups in total. The van der Waals surface area contributed by atoms with Crippen molar-refractivity contribution in [2.24, 2.45) is 5.41 Å². The lowest BCUT2D eigenvalue weighted by atomic mass is 9.77. The summed E-state index contributed by atoms with van der Waals surface area (Å²) in [4.78, 5) is 29.4. The molecule has 158 valence electrons. The Kier molecular flexibility index (Phi) is 4.90. The van der Waals surface area contributed by atoms with Crippen LogP contribution in [-0.2, 0) is 22.6 Å². The number of benzene rings is 1. The zero-order chi connectivity index (χ0) is 20.9. The molecule has 7 heteroatoms. The van der Waals surface area contributed by atoms with Crippen LogP contribution in [0.1, 0.15) is 52.0 Å². The van der Waals surface area contributed by atoms with Gasteiger partial charge in [-0.2, -0.15) is 4.37 Å². The van der Waals surface area contributed by atoms with E-state index in [0.29, 0.717) is 12.5 Å². The third-order valence-electron chi connectivity index (χ3n) is 7.18. The molecular weight excluding hydrogens is 398 g/mol. The highest BCUT2D eigenvalue weighted by Gasteiger charge is 2.48. The first-order valence-corrected chi connectivity index (χ1v) is 11.5. The number of hydrogen-bond acceptors (Lipinski definition) is 6. The van der Waals surface area contributed by atoms with Gasteiger partial charge in [-0.05, 0) is 87.4 Å². The van der Waals surface area contributed by atoms with Gasteiger partial charge in [0.15, 0.2) is 0 Å². The van der Waals surface area contributed by atoms with Crippen LogP contribution in [0, 0.1) is 19.3 Å². The van der Waals surface area contributed by atoms with Crippen LogP contribution in [0.3, 0.4) is 0 Å². The highest BCUT2D eigenvalue weighted by molar-refractivity contribution is 7.10. The van der Waals surface area contributed by atoms with E-state index in [1.54, 1.807) is 0 Å². The molecule has 0 aliphatic carbocycles. The molecule has 2 aromatic rings. The Morgan fingerprint density at radius 2 is 1.90 bits per heavy atom. The predicted octanol–water partition coefficient (Wildman–Crippen LogP) is 3.49. The maximum atomic E-state index is 13.2. The molecule has 1 aromatic heterocycles. The van der Waals surface area contributed by atoms with Crippen molar-refractivity contribution in [2.75, 3.05) is 31.1 Å². The van der Waals surface area contributed by atoms with E-state index in [-0.39, 0.29) is 11.4 Å². The lowest BCUT2D eigenvalue weighted by Gasteiger charge is -2.38. The first-order valence-electron chi connectivity index (χ1n) is 10.7. The van der Waals surface area contributed by atoms with Gasteiger partial charge in [0.25, 0.3) is 0 Å². The molecule has 0 unspecified atom stereocenters. The summed E-state index contributed by atoms with van der Waals surface area (Å²) in [6.45, 7) is 8.19. The summed E-state index contributed by atoms with van der Waals surface area (Å²) in [6.07, 6.45) is 3.78. The molecule has 3 aliphatic rings. The molecule has 2 saturated heterocycles. The number of rotatable bonds is 4. The van der Waals surface area contributed by atoms with Crippen LogP contribution >= 0.6 is 11.5 Å². The van der Waals surface area contributed by atoms with E-state index in [9.17, 15) is 9.59 Å². The fourth-order valence-corrected chi connectivity index (χ4v) is 5.91. The fourth-order valence-electron chi connectivity index (χ4n) is 5.12. The number of aromatic nitrogens is 1. The van der Waals surface area contributed by atoms with Crippen molar-refractivity contribution in [3.63, 3.8) is 0 Å². The topological polar surface area (TPSA) is 62.7 Å². The molecule has 5 rings (SSSR count). The van der Waals surface area contributed by atoms with Crippen molar-refractivity contribution >= 4 is 28.4 Å². The average molecular weight is 426 g/mol. The highest BCUT2D eigenvalue weighted by atomic mass is 32.1. The highest BCUT2D eigenvalue weighted by Crippen LogP contribution is 2.44. The largest absolute Gasteiger partial charge is 0.457 e. The van der Waals surface area contributed by atoms with E-state index in [1.807, 2.05) is 24.0 Å². The molecular formula is C23H27N3O3S. The second-order valence-electron chi connectivity index (χ2n) is 8.84. The minimum absolute atomic E-state index is 0.185. The Morgan fingerprint density at radius 3 is 2.63 bits per heavy atom. The number of piperidine rings is 1. The first kappa shape index (κ1) is 19.7. The van der Waals surface area contributed by atoms with Gasteiger partial charge in [0.2, 0.25) is 5.91 Å². The molecule has 6 nitrogen and oxygen atoms in total. The van der Waals surface area contributed by atoms with E-state index in [1.165, 1.54) is 22.7 Å². The SMILES string of the molecule is Cc1cc(N2CCC3(CCN(CCc4ccc5c(c4C)COC5=O)CC3)C2=O)sn1. The van der Waals surface area contributed by atoms with Crippen LogP contribution in [0.25, 0.3) is 0 Å². The van der Waals surface area contributed by atoms with Gasteiger partial charge in [-0.1, -0.05) is 6.07 Å². The Balaban J connectivity index is 1.19. The number of nitrogens with zero attached hydrogens (tertiary/aromatic N) is 3. The minimum Gasteiger partial charge on any atom is -0.457 e. The number of likely N-dealkylation sites (tertiary alicyclic amines) is 1. The van der Waals surface area contributed by atoms with Gasteiger partial charge < -0.3 is 14.5 Å². The number of aryl methyl sites for hydroxylation is 1. The number of amides is 1. The smallest absolute Gasteiger partial charge is 0.338 e. The summed E-state index contributed by atoms with van der Waals surface area (Å²) in [5.41, 5.74) is 5.04. The second-order valence-corrected chi connectivity index (χ2v) is 9.62. The number of anilines is 1. The first-order chi connectivity index (χ1) is 14.5. The number of cyclic esters (lactones) is 1. The summed E-state index contributed by atoms with van der Waals surface area (Å²) < 4.78 is 9.51. The molecule has 2 fully saturated rings. The van der Waals surface area contributed by atoms with Crippen LogP contribution < -0.4 is 4.90 Å². The number of ether oxygens (including phenoxy) is 1. The lowest BCUT2D eigenvalue weighted by Crippen LogP contribution is -2.45. The number of fused-ring (bicyclic) bond motifs is 1. The summed E-state index contributed by atoms with van der Waals surface area (Å²) in [7, 11) is 0. The number of carbonyl (C=O) groups is 2. The lowest BCUT2D eigenvalue weighted by molar-refractivity contribution is -0.127. The predicted molar refractivity (Wildman–Crippen MR) is 116 cm³/mol. The van der Waals surface area contributed by atoms with Crippen LogP contribution in [0.15, 0.2) is 18.2 Å². The standard InChI is InChI=1S/C23H27N3O3S/c1-15-13-20(30-24-15)26-12-8-23(22(26)28)6-10-25(11-7-23)9-5-17-3-4-18-19(16(17)2)14-29-21(18)27/h3-4,13H,5-12,14H2,1-2H3. The Hall–Kier alpha value is -2.25. The summed E-state index contributed by atoms with van der Waals surface area (Å²) in [5.74, 6) is 0.0923. The van der Waals surface area contributed by atoms with E-state index >= 15 is 0 Å². The molecule has 1 amide bonds. The average Bonchev–Trinajstić information content (AvgIpc) is 3.42. The second kappa shape index (κ2) is 7.46. The van der Waals surface area contributed by atoms with Crippen LogP contribution in [0.2, 0.25) is 0 Å². The third-order valence-corrected chi connectivity index (χ3v) is 8.09. The fraction of sp³-hybridized carbons (Fsp3) is 0.522. The summed E-state index contributed by atoms with van der Waals surface area (Å²) in [5, 5.41) is 0.992. The number of hydrogen-bond donors (Lipinski definition) is 0. The molecule has 0 bridgehead atoms. The normalized spacial score (nSPS) is 20.8. The van der Waals surface area contributed by atoms with Crippen LogP contribution in [-0.4, -0.2) is 47.3 Å². The minimum atomic E-state index is -0.204. The van der Waals surface area contributed by atoms with Gasteiger partial charge in [-0.3, -0.25) is 4.79 Å². The van der Waals surface area contributed by atoms with E-state index in [4.69, 9.17) is 4.74 Å². The molecule has 0 radical (unpaired) electrons. The molecule has 0 saturated carbocycles. The molecule has 1 aromatic carbocycles. The third kappa shape index (κ3) is 3.24. The zero-order valence-electron chi connectivity index (χ0n) is 17.6. The van der Waals surface area contributed by atoms with Crippen molar-refractivity contribution in [2.45, 2.75) is 46.1 Å². The monoisotopic (exact) mass is 425 g/mol. The van der Waals surface area contributed by atoms with Crippen LogP contribution in [0.4, 0.5) is 5.00 Å². The maximum Gasteiger partial charge on any atom is 0.338 e. The van der Waals surface area contributed by atoms with Gasteiger partial charge in [0, 0.05) is 18.7 Å². The van der Waals surface area contributed by atoms with Crippen molar-refractivity contribution in [3.05, 3.63) is 46.1 Å². The number of carbonyl (C=O) groups excluding carboxylic acids is 2. The zero-order valence-corrected chi connectivity index (χ0v) is 18.4. The molecule has 4 heterocycles. The van der Waals surface area contributed by atoms with E-state index in [0.717, 1.165) is 73.7 Å². The van der Waals surface area contributed by atoms with Crippen molar-refractivity contribution in [1.29, 1.82) is 0 Å². The number of esters is 1. The van der Waals surface area contributed by atoms with Crippen molar-refractivity contribution < 1.29 is 14.3 Å². The Labute approximate surface area is 181 Å². The van der Waals surface area contributed by atoms with Crippen molar-refractivity contribution in [1.82, 2.24) is 9.27 Å². The van der Waals surface area contributed by atoms with E-state index < -0.39 is 0 Å². The van der Waals surface area contributed by atoms with Gasteiger partial charge in [-0.15, -0.1) is 0 Å². The Morgan fingerprint density at radius 1 is 1.13 bits per heavy atom. The van der Waals surface area contributed by atoms with Crippen LogP contribution in [0.5, 0.6) is 0 Å². The Bertz CT molecular complexity index is 1010. The van der Waals surface area contributed by atoms with Gasteiger partial charge in [0.1, 0.15) is 11.6 Å². The molecule has 1 spiro atoms.